The Morgan fingerprint density at radius 2 is 1.47 bits per heavy atom. The molecule has 4 rings (SSSR count). The molecule has 4 aromatic rings. The summed E-state index contributed by atoms with van der Waals surface area (Å²) in [5.74, 6) is -0.788. The van der Waals surface area contributed by atoms with Crippen LogP contribution in [0.2, 0.25) is 0 Å². The number of carbonyl (C=O) groups excluding carboxylic acids is 2. The van der Waals surface area contributed by atoms with Crippen LogP contribution in [0.3, 0.4) is 0 Å². The van der Waals surface area contributed by atoms with Crippen molar-refractivity contribution in [3.8, 4) is 11.4 Å². The summed E-state index contributed by atoms with van der Waals surface area (Å²) >= 11 is 0. The quantitative estimate of drug-likeness (QED) is 0.283. The van der Waals surface area contributed by atoms with Gasteiger partial charge in [-0.25, -0.2) is 4.68 Å². The van der Waals surface area contributed by atoms with E-state index in [0.29, 0.717) is 16.9 Å². The lowest BCUT2D eigenvalue weighted by Gasteiger charge is -2.22. The summed E-state index contributed by atoms with van der Waals surface area (Å²) in [7, 11) is 1.83. The van der Waals surface area contributed by atoms with Gasteiger partial charge in [-0.1, -0.05) is 48.5 Å². The number of carbonyl (C=O) groups is 2. The Labute approximate surface area is 210 Å². The van der Waals surface area contributed by atoms with Gasteiger partial charge in [0.2, 0.25) is 5.78 Å². The van der Waals surface area contributed by atoms with E-state index in [1.807, 2.05) is 81.6 Å². The van der Waals surface area contributed by atoms with Crippen LogP contribution in [0.15, 0.2) is 71.5 Å². The van der Waals surface area contributed by atoms with E-state index in [1.54, 1.807) is 40.8 Å². The van der Waals surface area contributed by atoms with Crippen molar-refractivity contribution in [3.05, 3.63) is 105 Å². The Balaban J connectivity index is 1.63. The van der Waals surface area contributed by atoms with Crippen molar-refractivity contribution >= 4 is 11.8 Å². The molecule has 2 heterocycles. The molecule has 0 unspecified atom stereocenters. The molecule has 0 bridgehead atoms. The predicted molar refractivity (Wildman–Crippen MR) is 139 cm³/mol. The van der Waals surface area contributed by atoms with Crippen molar-refractivity contribution in [3.63, 3.8) is 0 Å². The predicted octanol–water partition coefficient (Wildman–Crippen LogP) is 4.60. The first-order valence-electron chi connectivity index (χ1n) is 11.8. The van der Waals surface area contributed by atoms with E-state index in [2.05, 4.69) is 0 Å². The number of aromatic nitrogens is 3. The van der Waals surface area contributed by atoms with Gasteiger partial charge in [0, 0.05) is 24.0 Å². The fourth-order valence-corrected chi connectivity index (χ4v) is 4.56. The third kappa shape index (κ3) is 4.21. The summed E-state index contributed by atoms with van der Waals surface area (Å²) in [5.41, 5.74) is 3.55. The van der Waals surface area contributed by atoms with E-state index in [-0.39, 0.29) is 17.9 Å². The molecule has 0 fully saturated rings. The zero-order valence-electron chi connectivity index (χ0n) is 21.5. The van der Waals surface area contributed by atoms with Crippen molar-refractivity contribution in [2.45, 2.75) is 40.0 Å². The number of esters is 1. The maximum atomic E-state index is 13.5. The number of ether oxygens (including phenoxy) is 1. The van der Waals surface area contributed by atoms with Crippen LogP contribution in [-0.2, 0) is 22.0 Å². The number of nitrogens with zero attached hydrogens (tertiary/aromatic N) is 3. The minimum atomic E-state index is -0.887. The number of aryl methyl sites for hydroxylation is 1. The molecule has 0 atom stereocenters. The highest BCUT2D eigenvalue weighted by atomic mass is 16.5. The lowest BCUT2D eigenvalue weighted by molar-refractivity contribution is -0.148. The van der Waals surface area contributed by atoms with Crippen LogP contribution in [0.4, 0.5) is 0 Å². The SMILES string of the molecule is Cc1cc(C(=O)COC(=O)C(C)(C)c2ccccc2)c(C)n1-c1c(C)n(C)n(-c2ccccc2)c1=O. The molecule has 186 valence electrons. The van der Waals surface area contributed by atoms with Gasteiger partial charge in [0.05, 0.1) is 16.8 Å². The molecular formula is C29H31N3O4. The van der Waals surface area contributed by atoms with Crippen molar-refractivity contribution < 1.29 is 14.3 Å². The number of hydrogen-bond donors (Lipinski definition) is 0. The van der Waals surface area contributed by atoms with Gasteiger partial charge in [-0.15, -0.1) is 0 Å². The minimum absolute atomic E-state index is 0.182. The molecule has 0 spiro atoms. The molecule has 0 saturated carbocycles. The van der Waals surface area contributed by atoms with E-state index in [9.17, 15) is 14.4 Å². The molecule has 0 saturated heterocycles. The fraction of sp³-hybridized carbons (Fsp3) is 0.276. The molecular weight excluding hydrogens is 454 g/mol. The molecule has 36 heavy (non-hydrogen) atoms. The second-order valence-corrected chi connectivity index (χ2v) is 9.52. The number of hydrogen-bond acceptors (Lipinski definition) is 4. The zero-order valence-corrected chi connectivity index (χ0v) is 21.5. The summed E-state index contributed by atoms with van der Waals surface area (Å²) in [5, 5.41) is 0. The Morgan fingerprint density at radius 3 is 2.08 bits per heavy atom. The van der Waals surface area contributed by atoms with Crippen molar-refractivity contribution in [2.24, 2.45) is 7.05 Å². The second-order valence-electron chi connectivity index (χ2n) is 9.52. The molecule has 7 heteroatoms. The number of ketones is 1. The Bertz CT molecular complexity index is 1490. The third-order valence-electron chi connectivity index (χ3n) is 6.82. The molecule has 0 aliphatic rings. The molecule has 0 aliphatic carbocycles. The molecule has 0 N–H and O–H groups in total. The highest BCUT2D eigenvalue weighted by Crippen LogP contribution is 2.26. The van der Waals surface area contributed by atoms with Gasteiger partial charge < -0.3 is 9.30 Å². The van der Waals surface area contributed by atoms with E-state index >= 15 is 0 Å². The maximum Gasteiger partial charge on any atom is 0.316 e. The van der Waals surface area contributed by atoms with E-state index < -0.39 is 11.4 Å². The monoisotopic (exact) mass is 485 g/mol. The van der Waals surface area contributed by atoms with Crippen LogP contribution in [-0.4, -0.2) is 32.3 Å². The van der Waals surface area contributed by atoms with E-state index in [0.717, 1.165) is 22.6 Å². The van der Waals surface area contributed by atoms with Gasteiger partial charge >= 0.3 is 5.97 Å². The van der Waals surface area contributed by atoms with Gasteiger partial charge in [0.25, 0.3) is 5.56 Å². The largest absolute Gasteiger partial charge is 0.457 e. The molecule has 0 radical (unpaired) electrons. The van der Waals surface area contributed by atoms with Crippen molar-refractivity contribution in [2.75, 3.05) is 6.61 Å². The van der Waals surface area contributed by atoms with Crippen molar-refractivity contribution in [1.82, 2.24) is 13.9 Å². The Kier molecular flexibility index (Phi) is 6.59. The molecule has 7 nitrogen and oxygen atoms in total. The smallest absolute Gasteiger partial charge is 0.316 e. The summed E-state index contributed by atoms with van der Waals surface area (Å²) in [6.45, 7) is 8.71. The van der Waals surface area contributed by atoms with Crippen LogP contribution >= 0.6 is 0 Å². The van der Waals surface area contributed by atoms with Crippen LogP contribution in [0.5, 0.6) is 0 Å². The first-order valence-corrected chi connectivity index (χ1v) is 11.8. The fourth-order valence-electron chi connectivity index (χ4n) is 4.56. The van der Waals surface area contributed by atoms with Crippen LogP contribution in [0, 0.1) is 20.8 Å². The summed E-state index contributed by atoms with van der Waals surface area (Å²) in [4.78, 5) is 39.5. The zero-order chi connectivity index (χ0) is 26.2. The van der Waals surface area contributed by atoms with Crippen LogP contribution in [0.25, 0.3) is 11.4 Å². The average Bonchev–Trinajstić information content (AvgIpc) is 3.28. The normalized spacial score (nSPS) is 11.5. The molecule has 0 aliphatic heterocycles. The molecule has 2 aromatic carbocycles. The van der Waals surface area contributed by atoms with Gasteiger partial charge in [-0.05, 0) is 58.4 Å². The van der Waals surface area contributed by atoms with E-state index in [4.69, 9.17) is 4.74 Å². The standard InChI is InChI=1S/C29H31N3O4/c1-19-17-24(25(33)18-36-28(35)29(4,5)22-13-9-7-10-14-22)20(2)31(19)26-21(3)30(6)32(27(26)34)23-15-11-8-12-16-23/h7-17H,18H2,1-6H3. The van der Waals surface area contributed by atoms with Crippen molar-refractivity contribution in [1.29, 1.82) is 0 Å². The summed E-state index contributed by atoms with van der Waals surface area (Å²) in [6, 6.07) is 20.5. The lowest BCUT2D eigenvalue weighted by atomic mass is 9.85. The van der Waals surface area contributed by atoms with Crippen LogP contribution < -0.4 is 5.56 Å². The molecule has 2 aromatic heterocycles. The van der Waals surface area contributed by atoms with Gasteiger partial charge in [-0.2, -0.15) is 0 Å². The topological polar surface area (TPSA) is 75.2 Å². The first-order chi connectivity index (χ1) is 17.1. The van der Waals surface area contributed by atoms with Gasteiger partial charge in [0.1, 0.15) is 5.69 Å². The lowest BCUT2D eigenvalue weighted by Crippen LogP contribution is -2.32. The van der Waals surface area contributed by atoms with Crippen LogP contribution in [0.1, 0.15) is 46.9 Å². The van der Waals surface area contributed by atoms with E-state index in [1.165, 1.54) is 0 Å². The number of benzene rings is 2. The maximum absolute atomic E-state index is 13.5. The average molecular weight is 486 g/mol. The first kappa shape index (κ1) is 25.0. The Hall–Kier alpha value is -4.13. The third-order valence-corrected chi connectivity index (χ3v) is 6.82. The Morgan fingerprint density at radius 1 is 0.889 bits per heavy atom. The highest BCUT2D eigenvalue weighted by Gasteiger charge is 2.32. The minimum Gasteiger partial charge on any atom is -0.457 e. The summed E-state index contributed by atoms with van der Waals surface area (Å²) < 4.78 is 10.7. The second kappa shape index (κ2) is 9.49. The summed E-state index contributed by atoms with van der Waals surface area (Å²) in [6.07, 6.45) is 0. The highest BCUT2D eigenvalue weighted by molar-refractivity contribution is 6.00. The molecule has 0 amide bonds. The number of rotatable bonds is 7. The number of Topliss-reactive ketones (excluding diaryl/α,β-unsaturated/α-hetero) is 1. The van der Waals surface area contributed by atoms with Gasteiger partial charge in [0.15, 0.2) is 6.61 Å². The number of para-hydroxylation sites is 1. The van der Waals surface area contributed by atoms with Gasteiger partial charge in [-0.3, -0.25) is 19.1 Å².